The zero-order chi connectivity index (χ0) is 14.9. The summed E-state index contributed by atoms with van der Waals surface area (Å²) >= 11 is 4.62. The highest BCUT2D eigenvalue weighted by molar-refractivity contribution is 9.10. The van der Waals surface area contributed by atoms with Crippen LogP contribution in [0.4, 0.5) is 4.39 Å². The van der Waals surface area contributed by atoms with Gasteiger partial charge in [0, 0.05) is 15.9 Å². The van der Waals surface area contributed by atoms with E-state index in [-0.39, 0.29) is 17.3 Å². The van der Waals surface area contributed by atoms with Crippen LogP contribution < -0.4 is 5.73 Å². The van der Waals surface area contributed by atoms with E-state index in [0.29, 0.717) is 6.42 Å². The summed E-state index contributed by atoms with van der Waals surface area (Å²) < 4.78 is 18.1. The van der Waals surface area contributed by atoms with Gasteiger partial charge in [0.05, 0.1) is 10.6 Å². The molecule has 0 saturated carbocycles. The molecule has 0 aliphatic rings. The lowest BCUT2D eigenvalue weighted by Crippen LogP contribution is -2.20. The van der Waals surface area contributed by atoms with Crippen molar-refractivity contribution in [1.29, 1.82) is 0 Å². The summed E-state index contributed by atoms with van der Waals surface area (Å²) in [5, 5.41) is 4.19. The summed E-state index contributed by atoms with van der Waals surface area (Å²) in [5.41, 5.74) is 7.95. The van der Waals surface area contributed by atoms with Crippen LogP contribution in [0.3, 0.4) is 0 Å². The Balaban J connectivity index is 2.24. The van der Waals surface area contributed by atoms with Gasteiger partial charge in [-0.3, -0.25) is 0 Å². The van der Waals surface area contributed by atoms with E-state index in [1.165, 1.54) is 23.7 Å². The van der Waals surface area contributed by atoms with Crippen LogP contribution in [-0.4, -0.2) is 9.59 Å². The maximum absolute atomic E-state index is 13.4. The first-order valence-corrected chi connectivity index (χ1v) is 7.87. The summed E-state index contributed by atoms with van der Waals surface area (Å²) in [6.07, 6.45) is 0.559. The lowest BCUT2D eigenvalue weighted by Gasteiger charge is -2.19. The second kappa shape index (κ2) is 5.87. The van der Waals surface area contributed by atoms with E-state index in [4.69, 9.17) is 5.73 Å². The van der Waals surface area contributed by atoms with Gasteiger partial charge in [0.25, 0.3) is 0 Å². The molecule has 1 aromatic heterocycles. The highest BCUT2D eigenvalue weighted by Crippen LogP contribution is 2.31. The van der Waals surface area contributed by atoms with Crippen LogP contribution in [0.15, 0.2) is 22.7 Å². The van der Waals surface area contributed by atoms with Crippen LogP contribution in [0.25, 0.3) is 0 Å². The number of nitrogens with zero attached hydrogens (tertiary/aromatic N) is 2. The van der Waals surface area contributed by atoms with Gasteiger partial charge in [-0.2, -0.15) is 0 Å². The molecule has 0 aliphatic carbocycles. The van der Waals surface area contributed by atoms with E-state index >= 15 is 0 Å². The number of rotatable bonds is 3. The Kier molecular flexibility index (Phi) is 4.56. The fraction of sp³-hybridized carbons (Fsp3) is 0.429. The van der Waals surface area contributed by atoms with Crippen LogP contribution in [-0.2, 0) is 11.8 Å². The number of hydrogen-bond donors (Lipinski definition) is 1. The molecular weight excluding hydrogens is 341 g/mol. The molecule has 0 amide bonds. The van der Waals surface area contributed by atoms with Crippen LogP contribution in [0.2, 0.25) is 0 Å². The molecule has 2 N–H and O–H groups in total. The molecule has 0 spiro atoms. The maximum Gasteiger partial charge on any atom is 0.124 e. The van der Waals surface area contributed by atoms with Gasteiger partial charge in [0.15, 0.2) is 0 Å². The van der Waals surface area contributed by atoms with Gasteiger partial charge in [0.1, 0.15) is 5.82 Å². The van der Waals surface area contributed by atoms with Crippen LogP contribution in [0.5, 0.6) is 0 Å². The van der Waals surface area contributed by atoms with Gasteiger partial charge < -0.3 is 5.73 Å². The second-order valence-corrected chi connectivity index (χ2v) is 7.53. The van der Waals surface area contributed by atoms with Gasteiger partial charge in [-0.25, -0.2) is 4.39 Å². The van der Waals surface area contributed by atoms with Crippen molar-refractivity contribution in [2.24, 2.45) is 5.73 Å². The minimum Gasteiger partial charge on any atom is -0.323 e. The number of aromatic nitrogens is 2. The molecule has 1 heterocycles. The molecule has 1 unspecified atom stereocenters. The van der Waals surface area contributed by atoms with Crippen molar-refractivity contribution >= 4 is 27.5 Å². The second-order valence-electron chi connectivity index (χ2n) is 5.82. The van der Waals surface area contributed by atoms with Crippen molar-refractivity contribution in [3.05, 3.63) is 44.6 Å². The fourth-order valence-corrected chi connectivity index (χ4v) is 3.41. The van der Waals surface area contributed by atoms with Gasteiger partial charge >= 0.3 is 0 Å². The van der Waals surface area contributed by atoms with E-state index in [9.17, 15) is 4.39 Å². The van der Waals surface area contributed by atoms with E-state index < -0.39 is 0 Å². The summed E-state index contributed by atoms with van der Waals surface area (Å²) in [5.74, 6) is -0.264. The molecule has 20 heavy (non-hydrogen) atoms. The Morgan fingerprint density at radius 3 is 2.65 bits per heavy atom. The summed E-state index contributed by atoms with van der Waals surface area (Å²) in [7, 11) is 0. The van der Waals surface area contributed by atoms with Crippen LogP contribution in [0.1, 0.15) is 42.9 Å². The van der Waals surface area contributed by atoms with E-state index in [1.54, 1.807) is 0 Å². The highest BCUT2D eigenvalue weighted by atomic mass is 79.9. The Bertz CT molecular complexity index is 586. The average molecular weight is 358 g/mol. The first kappa shape index (κ1) is 15.5. The van der Waals surface area contributed by atoms with Crippen molar-refractivity contribution in [3.8, 4) is 0 Å². The Hall–Kier alpha value is -0.850. The third-order valence-electron chi connectivity index (χ3n) is 2.94. The Labute approximate surface area is 130 Å². The first-order valence-electron chi connectivity index (χ1n) is 6.30. The molecule has 1 aromatic carbocycles. The Morgan fingerprint density at radius 2 is 2.05 bits per heavy atom. The van der Waals surface area contributed by atoms with Crippen molar-refractivity contribution in [2.75, 3.05) is 0 Å². The number of nitrogens with two attached hydrogens (primary N) is 1. The minimum atomic E-state index is -0.264. The third kappa shape index (κ3) is 3.62. The highest BCUT2D eigenvalue weighted by Gasteiger charge is 2.25. The van der Waals surface area contributed by atoms with E-state index in [1.807, 2.05) is 6.07 Å². The predicted molar refractivity (Wildman–Crippen MR) is 83.3 cm³/mol. The molecule has 0 bridgehead atoms. The largest absolute Gasteiger partial charge is 0.323 e. The summed E-state index contributed by atoms with van der Waals surface area (Å²) in [6, 6.07) is 4.60. The van der Waals surface area contributed by atoms with Gasteiger partial charge in [-0.05, 0) is 41.7 Å². The van der Waals surface area contributed by atoms with E-state index in [2.05, 4.69) is 46.3 Å². The zero-order valence-corrected chi connectivity index (χ0v) is 14.1. The summed E-state index contributed by atoms with van der Waals surface area (Å²) in [4.78, 5) is 0.970. The molecule has 3 nitrogen and oxygen atoms in total. The van der Waals surface area contributed by atoms with Crippen LogP contribution in [0, 0.1) is 5.82 Å². The van der Waals surface area contributed by atoms with Crippen molar-refractivity contribution in [3.63, 3.8) is 0 Å². The molecule has 0 fully saturated rings. The smallest absolute Gasteiger partial charge is 0.124 e. The zero-order valence-electron chi connectivity index (χ0n) is 11.7. The minimum absolute atomic E-state index is 0.0948. The molecule has 2 aromatic rings. The molecule has 6 heteroatoms. The van der Waals surface area contributed by atoms with Crippen molar-refractivity contribution < 1.29 is 4.39 Å². The molecule has 2 rings (SSSR count). The molecular formula is C14H17BrFN3S. The van der Waals surface area contributed by atoms with E-state index in [0.717, 1.165) is 20.6 Å². The monoisotopic (exact) mass is 357 g/mol. The summed E-state index contributed by atoms with van der Waals surface area (Å²) in [6.45, 7) is 6.25. The topological polar surface area (TPSA) is 51.8 Å². The third-order valence-corrected chi connectivity index (χ3v) is 4.25. The number of hydrogen-bond acceptors (Lipinski definition) is 4. The molecule has 0 aliphatic heterocycles. The van der Waals surface area contributed by atoms with Gasteiger partial charge in [-0.1, -0.05) is 41.2 Å². The van der Waals surface area contributed by atoms with Crippen LogP contribution >= 0.6 is 27.5 Å². The molecule has 108 valence electrons. The molecule has 0 radical (unpaired) electrons. The molecule has 1 atom stereocenters. The Morgan fingerprint density at radius 1 is 1.35 bits per heavy atom. The SMILES string of the molecule is CC(C)(C)c1nnsc1C(N)Cc1cc(F)cc(Br)c1. The maximum atomic E-state index is 13.4. The number of benzene rings is 1. The predicted octanol–water partition coefficient (Wildman–Crippen LogP) is 3.98. The van der Waals surface area contributed by atoms with Crippen molar-refractivity contribution in [2.45, 2.75) is 38.6 Å². The lowest BCUT2D eigenvalue weighted by atomic mass is 9.89. The normalized spacial score (nSPS) is 13.5. The quantitative estimate of drug-likeness (QED) is 0.903. The lowest BCUT2D eigenvalue weighted by molar-refractivity contribution is 0.550. The fourth-order valence-electron chi connectivity index (χ4n) is 2.04. The average Bonchev–Trinajstić information content (AvgIpc) is 2.75. The number of halogens is 2. The van der Waals surface area contributed by atoms with Gasteiger partial charge in [0.2, 0.25) is 0 Å². The molecule has 0 saturated heterocycles. The standard InChI is InChI=1S/C14H17BrFN3S/c1-14(2,3)13-12(20-19-18-13)11(17)6-8-4-9(15)7-10(16)5-8/h4-5,7,11H,6,17H2,1-3H3. The van der Waals surface area contributed by atoms with Crippen molar-refractivity contribution in [1.82, 2.24) is 9.59 Å². The van der Waals surface area contributed by atoms with Gasteiger partial charge in [-0.15, -0.1) is 5.10 Å². The first-order chi connectivity index (χ1) is 9.27.